The van der Waals surface area contributed by atoms with Gasteiger partial charge in [-0.1, -0.05) is 24.0 Å². The molecule has 3 aliphatic rings. The third kappa shape index (κ3) is 15.0. The Labute approximate surface area is 453 Å². The number of alkyl carbamates (subject to hydrolysis) is 2. The lowest BCUT2D eigenvalue weighted by Crippen LogP contribution is -2.75. The van der Waals surface area contributed by atoms with E-state index in [4.69, 9.17) is 10.5 Å². The van der Waals surface area contributed by atoms with E-state index in [1.165, 1.54) is 24.3 Å². The summed E-state index contributed by atoms with van der Waals surface area (Å²) in [6, 6.07) is 4.64. The first-order valence-electron chi connectivity index (χ1n) is 24.6. The molecule has 0 aliphatic carbocycles. The molecule has 2 aromatic carbocycles. The van der Waals surface area contributed by atoms with Gasteiger partial charge in [-0.15, -0.1) is 0 Å². The SMILES string of the molecule is COC(=O)N[C@H](C(=O)N[C@@H](Cc1ccc(C#Cc2ccc(N3CC4(C3)CN(C3COC3)C4)nc2)cc1)[C@@H](O)CN(Cc1c(F)cc(C(N)=CC=NC(F)F)cc1F)NC(=O)[C@@H](NC(=O)OC)C(C)(C)C(F)(F)F)C(C)(C)C(F)(F)F. The molecule has 3 aliphatic heterocycles. The minimum absolute atomic E-state index is 0.250. The van der Waals surface area contributed by atoms with Crippen LogP contribution in [0.4, 0.5) is 59.3 Å². The number of nitrogens with two attached hydrogens (primary N) is 1. The summed E-state index contributed by atoms with van der Waals surface area (Å²) in [5.41, 5.74) is 1.39. The van der Waals surface area contributed by atoms with Gasteiger partial charge in [-0.3, -0.25) is 19.9 Å². The molecule has 3 aromatic rings. The summed E-state index contributed by atoms with van der Waals surface area (Å²) in [6.45, 7) is 2.13. The number of hydrogen-bond acceptors (Lipinski definition) is 14. The predicted molar refractivity (Wildman–Crippen MR) is 269 cm³/mol. The molecule has 3 saturated heterocycles. The van der Waals surface area contributed by atoms with Crippen LogP contribution in [0.15, 0.2) is 65.8 Å². The van der Waals surface area contributed by atoms with Gasteiger partial charge in [0.15, 0.2) is 0 Å². The van der Waals surface area contributed by atoms with Crippen molar-refractivity contribution in [3.63, 3.8) is 0 Å². The van der Waals surface area contributed by atoms with Crippen molar-refractivity contribution in [2.24, 2.45) is 27.0 Å². The maximum Gasteiger partial charge on any atom is 0.407 e. The summed E-state index contributed by atoms with van der Waals surface area (Å²) >= 11 is 0. The van der Waals surface area contributed by atoms with Crippen LogP contribution in [-0.4, -0.2) is 160 Å². The van der Waals surface area contributed by atoms with E-state index in [9.17, 15) is 59.4 Å². The van der Waals surface area contributed by atoms with E-state index in [1.54, 1.807) is 11.5 Å². The van der Waals surface area contributed by atoms with E-state index >= 15 is 8.78 Å². The van der Waals surface area contributed by atoms with Gasteiger partial charge in [0.25, 0.3) is 5.91 Å². The summed E-state index contributed by atoms with van der Waals surface area (Å²) in [4.78, 5) is 64.7. The Balaban J connectivity index is 1.30. The zero-order chi connectivity index (χ0) is 59.1. The van der Waals surface area contributed by atoms with Crippen LogP contribution < -0.4 is 32.0 Å². The average molecular weight is 1140 g/mol. The number of anilines is 1. The molecule has 28 heteroatoms. The van der Waals surface area contributed by atoms with Crippen LogP contribution in [0.25, 0.3) is 5.70 Å². The molecule has 80 heavy (non-hydrogen) atoms. The Morgan fingerprint density at radius 1 is 0.850 bits per heavy atom. The van der Waals surface area contributed by atoms with Gasteiger partial charge in [0.05, 0.1) is 56.5 Å². The number of nitrogens with one attached hydrogen (secondary N) is 4. The molecule has 1 spiro atoms. The van der Waals surface area contributed by atoms with Crippen LogP contribution in [0.2, 0.25) is 0 Å². The monoisotopic (exact) mass is 1140 g/mol. The normalized spacial score (nSPS) is 17.5. The number of ether oxygens (including phenoxy) is 3. The first-order valence-corrected chi connectivity index (χ1v) is 24.6. The molecule has 1 aromatic heterocycles. The number of allylic oxidation sites excluding steroid dienone is 1. The number of halogens is 10. The summed E-state index contributed by atoms with van der Waals surface area (Å²) < 4.78 is 158. The highest BCUT2D eigenvalue weighted by Gasteiger charge is 2.58. The van der Waals surface area contributed by atoms with E-state index < -0.39 is 126 Å². The molecule has 4 atom stereocenters. The second-order valence-corrected chi connectivity index (χ2v) is 20.7. The highest BCUT2D eigenvalue weighted by molar-refractivity contribution is 5.87. The number of nitrogens with zero attached hydrogens (tertiary/aromatic N) is 5. The number of alkyl halides is 8. The fourth-order valence-electron chi connectivity index (χ4n) is 8.90. The van der Waals surface area contributed by atoms with Crippen molar-refractivity contribution < 1.29 is 82.4 Å². The fraction of sp³-hybridized carbons (Fsp3) is 0.500. The molecule has 0 saturated carbocycles. The van der Waals surface area contributed by atoms with Crippen molar-refractivity contribution in [1.29, 1.82) is 0 Å². The Morgan fingerprint density at radius 2 is 1.39 bits per heavy atom. The Hall–Kier alpha value is -7.22. The molecule has 0 radical (unpaired) electrons. The van der Waals surface area contributed by atoms with Crippen LogP contribution in [0.5, 0.6) is 0 Å². The van der Waals surface area contributed by atoms with E-state index in [-0.39, 0.29) is 11.0 Å². The van der Waals surface area contributed by atoms with Crippen molar-refractivity contribution >= 4 is 41.7 Å². The molecule has 0 unspecified atom stereocenters. The number of hydrazine groups is 1. The number of hydrogen-bond donors (Lipinski definition) is 6. The number of aromatic nitrogens is 1. The van der Waals surface area contributed by atoms with Gasteiger partial charge in [-0.05, 0) is 82.2 Å². The Morgan fingerprint density at radius 3 is 1.88 bits per heavy atom. The van der Waals surface area contributed by atoms with E-state index in [1.807, 2.05) is 22.9 Å². The maximum absolute atomic E-state index is 15.9. The van der Waals surface area contributed by atoms with Gasteiger partial charge < -0.3 is 45.9 Å². The lowest BCUT2D eigenvalue weighted by atomic mass is 9.72. The number of amides is 4. The third-order valence-corrected chi connectivity index (χ3v) is 14.2. The van der Waals surface area contributed by atoms with E-state index in [2.05, 4.69) is 46.4 Å². The lowest BCUT2D eigenvalue weighted by Gasteiger charge is -2.63. The van der Waals surface area contributed by atoms with Gasteiger partial charge in [0, 0.05) is 85.0 Å². The van der Waals surface area contributed by atoms with Crippen molar-refractivity contribution in [3.05, 3.63) is 100 Å². The first-order chi connectivity index (χ1) is 37.4. The summed E-state index contributed by atoms with van der Waals surface area (Å²) in [5.74, 6) is 0.678. The topological polar surface area (TPSA) is 225 Å². The van der Waals surface area contributed by atoms with Crippen molar-refractivity contribution in [3.8, 4) is 11.8 Å². The molecule has 4 heterocycles. The van der Waals surface area contributed by atoms with Gasteiger partial charge in [0.2, 0.25) is 5.91 Å². The van der Waals surface area contributed by atoms with E-state index in [0.717, 1.165) is 65.5 Å². The van der Waals surface area contributed by atoms with Crippen molar-refractivity contribution in [1.82, 2.24) is 36.3 Å². The third-order valence-electron chi connectivity index (χ3n) is 14.2. The Kier molecular flexibility index (Phi) is 19.4. The summed E-state index contributed by atoms with van der Waals surface area (Å²) in [6.07, 6.45) is -13.1. The van der Waals surface area contributed by atoms with Crippen LogP contribution in [0, 0.1) is 39.7 Å². The highest BCUT2D eigenvalue weighted by Crippen LogP contribution is 2.44. The number of aliphatic hydroxyl groups excluding tert-OH is 1. The second kappa shape index (κ2) is 25.1. The number of benzene rings is 2. The molecule has 7 N–H and O–H groups in total. The molecular weight excluding hydrogens is 1080 g/mol. The fourth-order valence-corrected chi connectivity index (χ4v) is 8.90. The minimum Gasteiger partial charge on any atom is -0.453 e. The van der Waals surface area contributed by atoms with Gasteiger partial charge >= 0.3 is 31.1 Å². The van der Waals surface area contributed by atoms with Gasteiger partial charge in [-0.2, -0.15) is 35.1 Å². The first kappa shape index (κ1) is 62.0. The number of pyridine rings is 1. The zero-order valence-electron chi connectivity index (χ0n) is 44.1. The molecule has 18 nitrogen and oxygen atoms in total. The largest absolute Gasteiger partial charge is 0.453 e. The standard InChI is InChI=1S/C52H60F10N10O8/c1-48(2,51(57,58)59)41(67-46(76)78-5)43(74)66-38(17-30-10-7-29(8-11-30)9-12-31-13-14-40(65-20-31)71-27-50(28-71)25-70(26-50)33-23-80-24-33)39(73)22-72(69-44(75)42(68-47(77)79-6)49(3,4)52(60,61)62)21-34-35(53)18-32(19-36(34)54)37(63)15-16-64-45(55)56/h7-8,10-11,13-16,18-20,33,38-39,41-42,45,73H,17,21-28,63H2,1-6H3,(H,66,74)(H,67,76)(H,68,77)(H,69,75)/t38-,39-,41+,42+/m0/s1. The number of methoxy groups -OCH3 is 2. The molecule has 436 valence electrons. The molecule has 6 rings (SSSR count). The maximum atomic E-state index is 15.9. The zero-order valence-corrected chi connectivity index (χ0v) is 44.1. The van der Waals surface area contributed by atoms with Crippen molar-refractivity contribution in [2.45, 2.75) is 89.8 Å². The lowest BCUT2D eigenvalue weighted by molar-refractivity contribution is -0.221. The number of carbonyl (C=O) groups is 4. The number of aliphatic imine (C=N–C) groups is 1. The average Bonchev–Trinajstić information content (AvgIpc) is 3.34. The van der Waals surface area contributed by atoms with Crippen LogP contribution >= 0.6 is 0 Å². The number of rotatable bonds is 20. The molecule has 0 bridgehead atoms. The quantitative estimate of drug-likeness (QED) is 0.0274. The van der Waals surface area contributed by atoms with Crippen LogP contribution in [0.1, 0.15) is 55.5 Å². The van der Waals surface area contributed by atoms with Crippen LogP contribution in [-0.2, 0) is 36.8 Å². The van der Waals surface area contributed by atoms with Gasteiger partial charge in [-0.25, -0.2) is 33.4 Å². The second-order valence-electron chi connectivity index (χ2n) is 20.7. The summed E-state index contributed by atoms with van der Waals surface area (Å²) in [7, 11) is 1.59. The summed E-state index contributed by atoms with van der Waals surface area (Å²) in [5, 5.41) is 18.4. The number of likely N-dealkylation sites (tertiary alicyclic amines) is 1. The highest BCUT2D eigenvalue weighted by atomic mass is 19.4. The number of carbonyl (C=O) groups excluding carboxylic acids is 4. The van der Waals surface area contributed by atoms with E-state index in [0.29, 0.717) is 68.2 Å². The smallest absolute Gasteiger partial charge is 0.407 e. The predicted octanol–water partition coefficient (Wildman–Crippen LogP) is 5.42. The molecular formula is C52H60F10N10O8. The Bertz CT molecular complexity index is 2800. The van der Waals surface area contributed by atoms with Crippen molar-refractivity contribution in [2.75, 3.05) is 65.1 Å². The minimum atomic E-state index is -5.23. The number of aliphatic hydroxyl groups is 1. The van der Waals surface area contributed by atoms with Gasteiger partial charge in [0.1, 0.15) is 29.5 Å². The molecule has 3 fully saturated rings. The van der Waals surface area contributed by atoms with Crippen LogP contribution in [0.3, 0.4) is 0 Å². The molecule has 4 amide bonds.